The van der Waals surface area contributed by atoms with E-state index in [0.29, 0.717) is 18.1 Å². The minimum Gasteiger partial charge on any atom is -0.464 e. The molecular formula is C15H22N4O3. The van der Waals surface area contributed by atoms with Crippen molar-refractivity contribution in [2.24, 2.45) is 0 Å². The summed E-state index contributed by atoms with van der Waals surface area (Å²) in [4.78, 5) is 33.4. The maximum Gasteiger partial charge on any atom is 0.356 e. The van der Waals surface area contributed by atoms with Gasteiger partial charge in [0.15, 0.2) is 5.69 Å². The van der Waals surface area contributed by atoms with E-state index in [2.05, 4.69) is 15.3 Å². The minimum atomic E-state index is -0.466. The molecule has 120 valence electrons. The third kappa shape index (κ3) is 3.93. The van der Waals surface area contributed by atoms with Crippen LogP contribution in [0.25, 0.3) is 0 Å². The molecule has 7 nitrogen and oxygen atoms in total. The third-order valence-corrected chi connectivity index (χ3v) is 3.78. The van der Waals surface area contributed by atoms with Crippen LogP contribution in [0.5, 0.6) is 0 Å². The number of hydrogen-bond donors (Lipinski definition) is 1. The van der Waals surface area contributed by atoms with Crippen LogP contribution in [-0.4, -0.2) is 53.0 Å². The van der Waals surface area contributed by atoms with Crippen molar-refractivity contribution in [2.45, 2.75) is 39.2 Å². The number of aromatic nitrogens is 2. The van der Waals surface area contributed by atoms with Crippen LogP contribution in [0.2, 0.25) is 0 Å². The Hall–Kier alpha value is -2.18. The van der Waals surface area contributed by atoms with Gasteiger partial charge in [0.25, 0.3) is 0 Å². The van der Waals surface area contributed by atoms with Gasteiger partial charge in [0, 0.05) is 38.5 Å². The van der Waals surface area contributed by atoms with E-state index in [-0.39, 0.29) is 17.6 Å². The molecule has 0 atom stereocenters. The summed E-state index contributed by atoms with van der Waals surface area (Å²) in [6.07, 6.45) is 2.36. The number of nitrogens with zero attached hydrogens (tertiary/aromatic N) is 3. The van der Waals surface area contributed by atoms with Crippen LogP contribution < -0.4 is 5.32 Å². The zero-order valence-corrected chi connectivity index (χ0v) is 13.3. The van der Waals surface area contributed by atoms with Crippen LogP contribution in [0.4, 0.5) is 5.82 Å². The minimum absolute atomic E-state index is 0.113. The lowest BCUT2D eigenvalue weighted by Crippen LogP contribution is -2.41. The molecule has 2 heterocycles. The van der Waals surface area contributed by atoms with Crippen molar-refractivity contribution in [3.63, 3.8) is 0 Å². The van der Waals surface area contributed by atoms with Gasteiger partial charge in [0.2, 0.25) is 5.91 Å². The Labute approximate surface area is 130 Å². The van der Waals surface area contributed by atoms with Gasteiger partial charge < -0.3 is 15.0 Å². The fourth-order valence-electron chi connectivity index (χ4n) is 2.49. The summed E-state index contributed by atoms with van der Waals surface area (Å²) in [6.45, 7) is 5.00. The summed E-state index contributed by atoms with van der Waals surface area (Å²) in [5, 5.41) is 3.34. The monoisotopic (exact) mass is 306 g/mol. The van der Waals surface area contributed by atoms with Crippen LogP contribution in [0.1, 0.15) is 43.0 Å². The van der Waals surface area contributed by atoms with Crippen LogP contribution in [-0.2, 0) is 16.0 Å². The Morgan fingerprint density at radius 2 is 2.05 bits per heavy atom. The summed E-state index contributed by atoms with van der Waals surface area (Å²) in [5.41, 5.74) is 0.262. The molecule has 1 fully saturated rings. The molecule has 1 aromatic heterocycles. The van der Waals surface area contributed by atoms with Gasteiger partial charge in [-0.05, 0) is 12.8 Å². The Morgan fingerprint density at radius 3 is 2.59 bits per heavy atom. The number of amides is 1. The first kappa shape index (κ1) is 16.2. The van der Waals surface area contributed by atoms with Crippen LogP contribution in [0.3, 0.4) is 0 Å². The molecule has 1 amide bonds. The maximum absolute atomic E-state index is 11.7. The van der Waals surface area contributed by atoms with Gasteiger partial charge in [-0.2, -0.15) is 0 Å². The van der Waals surface area contributed by atoms with Crippen molar-refractivity contribution in [1.29, 1.82) is 0 Å². The Bertz CT molecular complexity index is 554. The molecule has 22 heavy (non-hydrogen) atoms. The van der Waals surface area contributed by atoms with Crippen molar-refractivity contribution < 1.29 is 14.3 Å². The number of piperidine rings is 1. The quantitative estimate of drug-likeness (QED) is 0.843. The number of aryl methyl sites for hydroxylation is 1. The number of carbonyl (C=O) groups excluding carboxylic acids is 2. The van der Waals surface area contributed by atoms with Crippen LogP contribution in [0.15, 0.2) is 6.07 Å². The van der Waals surface area contributed by atoms with Gasteiger partial charge in [0.1, 0.15) is 11.6 Å². The lowest BCUT2D eigenvalue weighted by molar-refractivity contribution is -0.129. The zero-order chi connectivity index (χ0) is 16.1. The van der Waals surface area contributed by atoms with E-state index < -0.39 is 5.97 Å². The van der Waals surface area contributed by atoms with Crippen molar-refractivity contribution in [3.05, 3.63) is 17.6 Å². The maximum atomic E-state index is 11.7. The Kier molecular flexibility index (Phi) is 5.30. The summed E-state index contributed by atoms with van der Waals surface area (Å²) in [7, 11) is 1.33. The second-order valence-corrected chi connectivity index (χ2v) is 5.32. The molecule has 7 heteroatoms. The molecule has 0 aromatic carbocycles. The molecular weight excluding hydrogens is 284 g/mol. The molecule has 1 aliphatic heterocycles. The molecule has 1 N–H and O–H groups in total. The highest BCUT2D eigenvalue weighted by molar-refractivity contribution is 5.87. The van der Waals surface area contributed by atoms with Gasteiger partial charge in [-0.15, -0.1) is 0 Å². The van der Waals surface area contributed by atoms with Crippen molar-refractivity contribution in [1.82, 2.24) is 14.9 Å². The average Bonchev–Trinajstić information content (AvgIpc) is 2.54. The van der Waals surface area contributed by atoms with E-state index in [1.165, 1.54) is 7.11 Å². The number of likely N-dealkylation sites (tertiary alicyclic amines) is 1. The first-order valence-electron chi connectivity index (χ1n) is 7.51. The smallest absolute Gasteiger partial charge is 0.356 e. The molecule has 1 aliphatic rings. The first-order valence-corrected chi connectivity index (χ1v) is 7.51. The second-order valence-electron chi connectivity index (χ2n) is 5.32. The SMILES string of the molecule is CCc1nc(NC2CCN(C(C)=O)CC2)cc(C(=O)OC)n1. The fourth-order valence-corrected chi connectivity index (χ4v) is 2.49. The average molecular weight is 306 g/mol. The number of nitrogens with one attached hydrogen (secondary N) is 1. The number of carbonyl (C=O) groups is 2. The highest BCUT2D eigenvalue weighted by atomic mass is 16.5. The van der Waals surface area contributed by atoms with E-state index in [1.54, 1.807) is 13.0 Å². The number of rotatable bonds is 4. The summed E-state index contributed by atoms with van der Waals surface area (Å²) < 4.78 is 4.72. The highest BCUT2D eigenvalue weighted by Crippen LogP contribution is 2.16. The number of esters is 1. The molecule has 0 unspecified atom stereocenters. The predicted molar refractivity (Wildman–Crippen MR) is 81.6 cm³/mol. The molecule has 1 saturated heterocycles. The summed E-state index contributed by atoms with van der Waals surface area (Å²) in [6, 6.07) is 1.85. The van der Waals surface area contributed by atoms with E-state index in [1.807, 2.05) is 11.8 Å². The number of anilines is 1. The normalized spacial score (nSPS) is 15.5. The molecule has 0 spiro atoms. The molecule has 0 radical (unpaired) electrons. The predicted octanol–water partition coefficient (Wildman–Crippen LogP) is 1.25. The van der Waals surface area contributed by atoms with Gasteiger partial charge >= 0.3 is 5.97 Å². The molecule has 0 saturated carbocycles. The van der Waals surface area contributed by atoms with Crippen molar-refractivity contribution in [3.8, 4) is 0 Å². The lowest BCUT2D eigenvalue weighted by Gasteiger charge is -2.32. The third-order valence-electron chi connectivity index (χ3n) is 3.78. The van der Waals surface area contributed by atoms with Crippen molar-refractivity contribution >= 4 is 17.7 Å². The second kappa shape index (κ2) is 7.20. The Balaban J connectivity index is 2.06. The van der Waals surface area contributed by atoms with E-state index in [0.717, 1.165) is 25.9 Å². The summed E-state index contributed by atoms with van der Waals surface area (Å²) in [5.74, 6) is 0.883. The van der Waals surface area contributed by atoms with Gasteiger partial charge in [-0.3, -0.25) is 4.79 Å². The topological polar surface area (TPSA) is 84.4 Å². The number of hydrogen-bond acceptors (Lipinski definition) is 6. The highest BCUT2D eigenvalue weighted by Gasteiger charge is 2.21. The standard InChI is InChI=1S/C15H22N4O3/c1-4-13-17-12(15(21)22-3)9-14(18-13)16-11-5-7-19(8-6-11)10(2)20/h9,11H,4-8H2,1-3H3,(H,16,17,18). The number of ether oxygens (including phenoxy) is 1. The van der Waals surface area contributed by atoms with Crippen LogP contribution in [0, 0.1) is 0 Å². The van der Waals surface area contributed by atoms with Gasteiger partial charge in [0.05, 0.1) is 7.11 Å². The molecule has 2 rings (SSSR count). The summed E-state index contributed by atoms with van der Waals surface area (Å²) >= 11 is 0. The number of methoxy groups -OCH3 is 1. The van der Waals surface area contributed by atoms with Crippen molar-refractivity contribution in [2.75, 3.05) is 25.5 Å². The van der Waals surface area contributed by atoms with Gasteiger partial charge in [-0.1, -0.05) is 6.92 Å². The molecule has 0 aliphatic carbocycles. The van der Waals surface area contributed by atoms with Gasteiger partial charge in [-0.25, -0.2) is 14.8 Å². The fraction of sp³-hybridized carbons (Fsp3) is 0.600. The largest absolute Gasteiger partial charge is 0.464 e. The first-order chi connectivity index (χ1) is 10.5. The van der Waals surface area contributed by atoms with E-state index in [4.69, 9.17) is 4.74 Å². The molecule has 1 aromatic rings. The Morgan fingerprint density at radius 1 is 1.36 bits per heavy atom. The van der Waals surface area contributed by atoms with E-state index in [9.17, 15) is 9.59 Å². The molecule has 0 bridgehead atoms. The van der Waals surface area contributed by atoms with E-state index >= 15 is 0 Å². The lowest BCUT2D eigenvalue weighted by atomic mass is 10.1. The van der Waals surface area contributed by atoms with Crippen LogP contribution >= 0.6 is 0 Å². The zero-order valence-electron chi connectivity index (χ0n) is 13.3.